The minimum Gasteiger partial charge on any atom is -0.326 e. The van der Waals surface area contributed by atoms with E-state index in [2.05, 4.69) is 4.98 Å². The number of pyridine rings is 1. The van der Waals surface area contributed by atoms with Crippen molar-refractivity contribution in [3.63, 3.8) is 0 Å². The molecule has 0 spiro atoms. The molecule has 0 saturated heterocycles. The lowest BCUT2D eigenvalue weighted by atomic mass is 10.1. The minimum atomic E-state index is -5.02. The number of nitrogens with zero attached hydrogens (tertiary/aromatic N) is 2. The van der Waals surface area contributed by atoms with Gasteiger partial charge in [0.25, 0.3) is 0 Å². The zero-order valence-electron chi connectivity index (χ0n) is 13.7. The zero-order valence-corrected chi connectivity index (χ0v) is 13.7. The summed E-state index contributed by atoms with van der Waals surface area (Å²) in [6, 6.07) is 3.28. The lowest BCUT2D eigenvalue weighted by molar-refractivity contribution is -0.143. The van der Waals surface area contributed by atoms with E-state index in [4.69, 9.17) is 0 Å². The Hall–Kier alpha value is -3.11. The second kappa shape index (κ2) is 6.80. The van der Waals surface area contributed by atoms with Gasteiger partial charge < -0.3 is 9.72 Å². The van der Waals surface area contributed by atoms with Gasteiger partial charge in [-0.25, -0.2) is 9.37 Å². The van der Waals surface area contributed by atoms with E-state index in [0.717, 1.165) is 12.3 Å². The highest BCUT2D eigenvalue weighted by Gasteiger charge is 2.37. The lowest BCUT2D eigenvalue weighted by Crippen LogP contribution is -2.17. The number of hydrogen-bond donors (Lipinski definition) is 1. The molecule has 0 aliphatic rings. The molecule has 0 fully saturated rings. The molecular weight excluding hydrogens is 395 g/mol. The average Bonchev–Trinajstić information content (AvgIpc) is 2.93. The van der Waals surface area contributed by atoms with Crippen LogP contribution in [-0.4, -0.2) is 15.3 Å². The third-order valence-corrected chi connectivity index (χ3v) is 3.68. The largest absolute Gasteiger partial charge is 0.416 e. The van der Waals surface area contributed by atoms with Crippen LogP contribution in [0.25, 0.3) is 5.65 Å². The maximum Gasteiger partial charge on any atom is 0.416 e. The number of nitrogens with one attached hydrogen (secondary N) is 1. The monoisotopic (exact) mass is 405 g/mol. The van der Waals surface area contributed by atoms with Gasteiger partial charge in [-0.15, -0.1) is 0 Å². The van der Waals surface area contributed by atoms with Crippen molar-refractivity contribution in [1.29, 1.82) is 0 Å². The number of imidazole rings is 1. The second-order valence-electron chi connectivity index (χ2n) is 5.86. The van der Waals surface area contributed by atoms with E-state index >= 15 is 0 Å². The molecular formula is C17H10F7N3O. The molecule has 2 heterocycles. The summed E-state index contributed by atoms with van der Waals surface area (Å²) in [6.45, 7) is 0. The Morgan fingerprint density at radius 2 is 1.57 bits per heavy atom. The Labute approximate surface area is 152 Å². The van der Waals surface area contributed by atoms with Crippen molar-refractivity contribution in [2.24, 2.45) is 0 Å². The number of carbonyl (C=O) groups excluding carboxylic acids is 1. The summed E-state index contributed by atoms with van der Waals surface area (Å²) in [4.78, 5) is 16.1. The quantitative estimate of drug-likeness (QED) is 0.643. The number of benzene rings is 1. The molecule has 0 atom stereocenters. The van der Waals surface area contributed by atoms with Gasteiger partial charge in [0.2, 0.25) is 5.91 Å². The van der Waals surface area contributed by atoms with Crippen molar-refractivity contribution >= 4 is 17.2 Å². The number of fused-ring (bicyclic) bond motifs is 1. The van der Waals surface area contributed by atoms with Crippen molar-refractivity contribution in [1.82, 2.24) is 9.38 Å². The van der Waals surface area contributed by atoms with Crippen LogP contribution in [0.1, 0.15) is 16.8 Å². The first kappa shape index (κ1) is 19.6. The molecule has 1 N–H and O–H groups in total. The molecule has 0 unspecified atom stereocenters. The SMILES string of the molecule is O=C(Cc1cn2cc(F)ccc2n1)Nc1cc(C(F)(F)F)cc(C(F)(F)F)c1. The molecule has 148 valence electrons. The molecule has 0 aliphatic heterocycles. The van der Waals surface area contributed by atoms with Crippen LogP contribution in [-0.2, 0) is 23.6 Å². The fourth-order valence-corrected chi connectivity index (χ4v) is 2.50. The van der Waals surface area contributed by atoms with E-state index in [1.807, 2.05) is 5.32 Å². The molecule has 0 bridgehead atoms. The van der Waals surface area contributed by atoms with Crippen molar-refractivity contribution in [3.8, 4) is 0 Å². The van der Waals surface area contributed by atoms with Gasteiger partial charge in [-0.3, -0.25) is 4.79 Å². The van der Waals surface area contributed by atoms with Crippen LogP contribution in [0, 0.1) is 5.82 Å². The normalized spacial score (nSPS) is 12.4. The number of aromatic nitrogens is 2. The number of rotatable bonds is 3. The van der Waals surface area contributed by atoms with Gasteiger partial charge in [-0.1, -0.05) is 0 Å². The van der Waals surface area contributed by atoms with Gasteiger partial charge >= 0.3 is 12.4 Å². The van der Waals surface area contributed by atoms with E-state index in [-0.39, 0.29) is 11.8 Å². The Morgan fingerprint density at radius 3 is 2.14 bits per heavy atom. The number of carbonyl (C=O) groups is 1. The molecule has 2 aromatic heterocycles. The number of alkyl halides is 6. The highest BCUT2D eigenvalue weighted by molar-refractivity contribution is 5.92. The summed E-state index contributed by atoms with van der Waals surface area (Å²) in [5.74, 6) is -1.43. The second-order valence-corrected chi connectivity index (χ2v) is 5.86. The molecule has 11 heteroatoms. The van der Waals surface area contributed by atoms with Gasteiger partial charge in [0.15, 0.2) is 0 Å². The molecule has 0 saturated carbocycles. The number of halogens is 7. The van der Waals surface area contributed by atoms with E-state index in [9.17, 15) is 35.5 Å². The first-order valence-corrected chi connectivity index (χ1v) is 7.64. The summed E-state index contributed by atoms with van der Waals surface area (Å²) in [7, 11) is 0. The fraction of sp³-hybridized carbons (Fsp3) is 0.176. The van der Waals surface area contributed by atoms with Crippen molar-refractivity contribution in [2.75, 3.05) is 5.32 Å². The van der Waals surface area contributed by atoms with Crippen molar-refractivity contribution < 1.29 is 35.5 Å². The number of anilines is 1. The van der Waals surface area contributed by atoms with Gasteiger partial charge in [0.1, 0.15) is 11.5 Å². The van der Waals surface area contributed by atoms with E-state index in [0.29, 0.717) is 17.8 Å². The van der Waals surface area contributed by atoms with Crippen LogP contribution >= 0.6 is 0 Å². The predicted molar refractivity (Wildman–Crippen MR) is 83.9 cm³/mol. The Morgan fingerprint density at radius 1 is 0.964 bits per heavy atom. The lowest BCUT2D eigenvalue weighted by Gasteiger charge is -2.14. The summed E-state index contributed by atoms with van der Waals surface area (Å²) in [5.41, 5.74) is -3.25. The molecule has 3 rings (SSSR count). The van der Waals surface area contributed by atoms with Crippen molar-refractivity contribution in [3.05, 3.63) is 65.4 Å². The van der Waals surface area contributed by atoms with Crippen LogP contribution in [0.2, 0.25) is 0 Å². The Bertz CT molecular complexity index is 1010. The highest BCUT2D eigenvalue weighted by Crippen LogP contribution is 2.37. The van der Waals surface area contributed by atoms with Crippen LogP contribution < -0.4 is 5.32 Å². The maximum atomic E-state index is 13.2. The van der Waals surface area contributed by atoms with Crippen LogP contribution in [0.3, 0.4) is 0 Å². The first-order chi connectivity index (χ1) is 12.9. The zero-order chi connectivity index (χ0) is 20.7. The van der Waals surface area contributed by atoms with E-state index in [1.54, 1.807) is 0 Å². The van der Waals surface area contributed by atoms with Gasteiger partial charge in [0.05, 0.1) is 23.2 Å². The van der Waals surface area contributed by atoms with Crippen LogP contribution in [0.4, 0.5) is 36.4 Å². The van der Waals surface area contributed by atoms with Crippen molar-refractivity contribution in [2.45, 2.75) is 18.8 Å². The number of hydrogen-bond acceptors (Lipinski definition) is 2. The third-order valence-electron chi connectivity index (χ3n) is 3.68. The average molecular weight is 405 g/mol. The predicted octanol–water partition coefficient (Wildman–Crippen LogP) is 4.69. The minimum absolute atomic E-state index is 0.0354. The first-order valence-electron chi connectivity index (χ1n) is 7.64. The standard InChI is InChI=1S/C17H10F7N3O/c18-11-1-2-14-25-13(8-27(14)7-11)6-15(28)26-12-4-9(16(19,20)21)3-10(5-12)17(22,23)24/h1-5,7-8H,6H2,(H,26,28). The van der Waals surface area contributed by atoms with Gasteiger partial charge in [0, 0.05) is 18.1 Å². The molecule has 1 amide bonds. The molecule has 28 heavy (non-hydrogen) atoms. The van der Waals surface area contributed by atoms with E-state index < -0.39 is 47.3 Å². The molecule has 0 radical (unpaired) electrons. The summed E-state index contributed by atoms with van der Waals surface area (Å²) in [5, 5.41) is 2.01. The Balaban J connectivity index is 1.84. The summed E-state index contributed by atoms with van der Waals surface area (Å²) >= 11 is 0. The van der Waals surface area contributed by atoms with Crippen LogP contribution in [0.5, 0.6) is 0 Å². The van der Waals surface area contributed by atoms with Crippen LogP contribution in [0.15, 0.2) is 42.7 Å². The topological polar surface area (TPSA) is 46.4 Å². The summed E-state index contributed by atoms with van der Waals surface area (Å²) < 4.78 is 91.5. The molecule has 3 aromatic rings. The van der Waals surface area contributed by atoms with Gasteiger partial charge in [-0.2, -0.15) is 26.3 Å². The third kappa shape index (κ3) is 4.41. The molecule has 1 aromatic carbocycles. The highest BCUT2D eigenvalue weighted by atomic mass is 19.4. The molecule has 4 nitrogen and oxygen atoms in total. The molecule has 0 aliphatic carbocycles. The Kier molecular flexibility index (Phi) is 4.77. The summed E-state index contributed by atoms with van der Waals surface area (Å²) in [6.07, 6.45) is -8.04. The fourth-order valence-electron chi connectivity index (χ4n) is 2.50. The van der Waals surface area contributed by atoms with E-state index in [1.165, 1.54) is 16.7 Å². The number of amides is 1. The van der Waals surface area contributed by atoms with Gasteiger partial charge in [-0.05, 0) is 30.3 Å². The maximum absolute atomic E-state index is 13.2. The smallest absolute Gasteiger partial charge is 0.326 e.